The molecule has 0 aromatic heterocycles. The molecule has 0 bridgehead atoms. The van der Waals surface area contributed by atoms with Crippen LogP contribution in [0.2, 0.25) is 0 Å². The number of rotatable bonds is 4. The lowest BCUT2D eigenvalue weighted by Crippen LogP contribution is -2.42. The molecule has 0 spiro atoms. The quantitative estimate of drug-likeness (QED) is 0.815. The fraction of sp³-hybridized carbons (Fsp3) is 0.533. The van der Waals surface area contributed by atoms with Crippen molar-refractivity contribution in [2.75, 3.05) is 5.32 Å². The lowest BCUT2D eigenvalue weighted by atomic mass is 9.70. The molecular weight excluding hydrogens is 244 g/mol. The maximum atomic E-state index is 12.9. The van der Waals surface area contributed by atoms with Crippen LogP contribution in [0.5, 0.6) is 5.75 Å². The molecule has 3 nitrogen and oxygen atoms in total. The van der Waals surface area contributed by atoms with E-state index < -0.39 is 11.2 Å². The van der Waals surface area contributed by atoms with E-state index in [0.29, 0.717) is 0 Å². The van der Waals surface area contributed by atoms with Crippen LogP contribution in [0.15, 0.2) is 18.2 Å². The van der Waals surface area contributed by atoms with Crippen LogP contribution >= 0.6 is 0 Å². The average Bonchev–Trinajstić information content (AvgIpc) is 2.30. The fourth-order valence-electron chi connectivity index (χ4n) is 2.06. The highest BCUT2D eigenvalue weighted by Crippen LogP contribution is 2.37. The summed E-state index contributed by atoms with van der Waals surface area (Å²) < 4.78 is 12.9. The molecule has 19 heavy (non-hydrogen) atoms. The molecular formula is C15H22FNO2. The Bertz CT molecular complexity index is 461. The van der Waals surface area contributed by atoms with Gasteiger partial charge >= 0.3 is 0 Å². The first-order valence-corrected chi connectivity index (χ1v) is 6.49. The zero-order valence-corrected chi connectivity index (χ0v) is 12.1. The highest BCUT2D eigenvalue weighted by Gasteiger charge is 2.39. The molecule has 2 N–H and O–H groups in total. The number of nitrogens with one attached hydrogen (secondary N) is 1. The second-order valence-corrected chi connectivity index (χ2v) is 5.71. The summed E-state index contributed by atoms with van der Waals surface area (Å²) in [6.45, 7) is 9.86. The Balaban J connectivity index is 3.01. The number of hydrogen-bond acceptors (Lipinski definition) is 2. The number of anilines is 1. The number of hydrogen-bond donors (Lipinski definition) is 2. The van der Waals surface area contributed by atoms with Crippen LogP contribution in [0.4, 0.5) is 10.1 Å². The van der Waals surface area contributed by atoms with E-state index in [1.54, 1.807) is 0 Å². The van der Waals surface area contributed by atoms with Crippen LogP contribution in [0.3, 0.4) is 0 Å². The molecule has 0 heterocycles. The fourth-order valence-corrected chi connectivity index (χ4v) is 2.06. The number of amides is 1. The number of halogens is 1. The molecule has 4 heteroatoms. The molecule has 0 atom stereocenters. The van der Waals surface area contributed by atoms with Crippen LogP contribution < -0.4 is 5.32 Å². The second-order valence-electron chi connectivity index (χ2n) is 5.71. The van der Waals surface area contributed by atoms with Gasteiger partial charge in [-0.05, 0) is 24.0 Å². The molecule has 0 aliphatic rings. The smallest absolute Gasteiger partial charge is 0.230 e. The van der Waals surface area contributed by atoms with Crippen LogP contribution in [-0.4, -0.2) is 11.0 Å². The van der Waals surface area contributed by atoms with E-state index in [-0.39, 0.29) is 29.2 Å². The molecule has 1 rings (SSSR count). The van der Waals surface area contributed by atoms with Crippen molar-refractivity contribution in [1.29, 1.82) is 0 Å². The minimum atomic E-state index is -0.555. The van der Waals surface area contributed by atoms with Gasteiger partial charge in [0.1, 0.15) is 11.6 Å². The first-order valence-electron chi connectivity index (χ1n) is 6.49. The lowest BCUT2D eigenvalue weighted by molar-refractivity contribution is -0.129. The van der Waals surface area contributed by atoms with Gasteiger partial charge in [0.25, 0.3) is 0 Å². The zero-order chi connectivity index (χ0) is 14.8. The van der Waals surface area contributed by atoms with E-state index in [1.165, 1.54) is 12.1 Å². The highest BCUT2D eigenvalue weighted by atomic mass is 18.2. The van der Waals surface area contributed by atoms with Gasteiger partial charge in [0, 0.05) is 6.07 Å². The lowest BCUT2D eigenvalue weighted by Gasteiger charge is -2.36. The van der Waals surface area contributed by atoms with Gasteiger partial charge < -0.3 is 10.4 Å². The van der Waals surface area contributed by atoms with Crippen molar-refractivity contribution < 1.29 is 14.3 Å². The Morgan fingerprint density at radius 2 is 1.79 bits per heavy atom. The Labute approximate surface area is 113 Å². The monoisotopic (exact) mass is 266 g/mol. The van der Waals surface area contributed by atoms with Gasteiger partial charge in [0.05, 0.1) is 11.1 Å². The first kappa shape index (κ1) is 15.5. The number of benzene rings is 1. The Morgan fingerprint density at radius 1 is 1.26 bits per heavy atom. The highest BCUT2D eigenvalue weighted by molar-refractivity contribution is 5.96. The molecule has 0 aliphatic heterocycles. The SMILES string of the molecule is CC(C)C(C)(C(=O)Nc1ccc([18F])cc1O)C(C)C. The Morgan fingerprint density at radius 3 is 2.21 bits per heavy atom. The Kier molecular flexibility index (Phi) is 4.56. The van der Waals surface area contributed by atoms with Crippen LogP contribution in [-0.2, 0) is 4.79 Å². The minimum absolute atomic E-state index is 0.148. The van der Waals surface area contributed by atoms with Gasteiger partial charge in [-0.3, -0.25) is 4.79 Å². The molecule has 0 radical (unpaired) electrons. The number of phenols is 1. The van der Waals surface area contributed by atoms with Crippen LogP contribution in [0, 0.1) is 23.1 Å². The van der Waals surface area contributed by atoms with Gasteiger partial charge in [-0.15, -0.1) is 0 Å². The summed E-state index contributed by atoms with van der Waals surface area (Å²) >= 11 is 0. The molecule has 0 saturated carbocycles. The van der Waals surface area contributed by atoms with Gasteiger partial charge in [-0.2, -0.15) is 0 Å². The number of phenolic OH excluding ortho intramolecular Hbond substituents is 1. The van der Waals surface area contributed by atoms with Crippen molar-refractivity contribution in [3.8, 4) is 5.75 Å². The van der Waals surface area contributed by atoms with E-state index >= 15 is 0 Å². The van der Waals surface area contributed by atoms with Gasteiger partial charge in [-0.25, -0.2) is 4.39 Å². The van der Waals surface area contributed by atoms with E-state index in [1.807, 2.05) is 34.6 Å². The summed E-state index contributed by atoms with van der Waals surface area (Å²) in [6.07, 6.45) is 0. The normalized spacial score (nSPS) is 12.0. The van der Waals surface area contributed by atoms with Crippen LogP contribution in [0.25, 0.3) is 0 Å². The molecule has 0 unspecified atom stereocenters. The standard InChI is InChI=1S/C15H22FNO2/c1-9(2)15(5,10(3)4)14(19)17-12-7-6-11(16)8-13(12)18/h6-10,18H,1-5H3,(H,17,19)/i16-1. The molecule has 106 valence electrons. The molecule has 1 amide bonds. The Hall–Kier alpha value is -1.58. The van der Waals surface area contributed by atoms with Crippen molar-refractivity contribution >= 4 is 11.6 Å². The summed E-state index contributed by atoms with van der Waals surface area (Å²) in [4.78, 5) is 12.4. The van der Waals surface area contributed by atoms with E-state index in [9.17, 15) is 14.3 Å². The third-order valence-electron chi connectivity index (χ3n) is 4.10. The van der Waals surface area contributed by atoms with E-state index in [4.69, 9.17) is 0 Å². The van der Waals surface area contributed by atoms with Gasteiger partial charge in [-0.1, -0.05) is 34.6 Å². The molecule has 0 aliphatic carbocycles. The number of aromatic hydroxyl groups is 1. The van der Waals surface area contributed by atoms with Crippen LogP contribution in [0.1, 0.15) is 34.6 Å². The third-order valence-corrected chi connectivity index (χ3v) is 4.10. The summed E-state index contributed by atoms with van der Waals surface area (Å²) in [6, 6.07) is 3.55. The van der Waals surface area contributed by atoms with Crippen molar-refractivity contribution in [3.05, 3.63) is 24.0 Å². The van der Waals surface area contributed by atoms with E-state index in [0.717, 1.165) is 6.07 Å². The minimum Gasteiger partial charge on any atom is -0.506 e. The molecule has 0 saturated heterocycles. The number of carbonyl (C=O) groups is 1. The second kappa shape index (κ2) is 5.59. The van der Waals surface area contributed by atoms with Crippen molar-refractivity contribution in [2.45, 2.75) is 34.6 Å². The maximum Gasteiger partial charge on any atom is 0.230 e. The van der Waals surface area contributed by atoms with Crippen molar-refractivity contribution in [1.82, 2.24) is 0 Å². The van der Waals surface area contributed by atoms with Gasteiger partial charge in [0.15, 0.2) is 0 Å². The van der Waals surface area contributed by atoms with E-state index in [2.05, 4.69) is 5.32 Å². The predicted octanol–water partition coefficient (Wildman–Crippen LogP) is 3.79. The van der Waals surface area contributed by atoms with Crippen molar-refractivity contribution in [2.24, 2.45) is 17.3 Å². The zero-order valence-electron chi connectivity index (χ0n) is 12.1. The molecule has 1 aromatic rings. The summed E-state index contributed by atoms with van der Waals surface area (Å²) in [5.74, 6) is -0.668. The molecule has 0 fully saturated rings. The summed E-state index contributed by atoms with van der Waals surface area (Å²) in [5.41, 5.74) is -0.320. The maximum absolute atomic E-state index is 12.9. The van der Waals surface area contributed by atoms with Gasteiger partial charge in [0.2, 0.25) is 5.91 Å². The van der Waals surface area contributed by atoms with Crippen molar-refractivity contribution in [3.63, 3.8) is 0 Å². The molecule has 1 aromatic carbocycles. The first-order chi connectivity index (χ1) is 8.69. The summed E-state index contributed by atoms with van der Waals surface area (Å²) in [5, 5.41) is 12.3. The summed E-state index contributed by atoms with van der Waals surface area (Å²) in [7, 11) is 0. The predicted molar refractivity (Wildman–Crippen MR) is 74.5 cm³/mol. The number of carbonyl (C=O) groups excluding carboxylic acids is 1. The average molecular weight is 266 g/mol. The third kappa shape index (κ3) is 3.06. The largest absolute Gasteiger partial charge is 0.506 e. The topological polar surface area (TPSA) is 49.3 Å².